The summed E-state index contributed by atoms with van der Waals surface area (Å²) in [6.07, 6.45) is 0.632. The van der Waals surface area contributed by atoms with Gasteiger partial charge in [-0.3, -0.25) is 4.79 Å². The van der Waals surface area contributed by atoms with Crippen LogP contribution in [0.25, 0.3) is 0 Å². The zero-order valence-electron chi connectivity index (χ0n) is 11.9. The van der Waals surface area contributed by atoms with Crippen molar-refractivity contribution >= 4 is 5.91 Å². The molecule has 0 heterocycles. The lowest BCUT2D eigenvalue weighted by Gasteiger charge is -2.18. The number of carbonyl (C=O) groups excluding carboxylic acids is 1. The van der Waals surface area contributed by atoms with Crippen molar-refractivity contribution in [1.82, 2.24) is 5.32 Å². The molecule has 3 N–H and O–H groups in total. The van der Waals surface area contributed by atoms with Crippen molar-refractivity contribution in [2.24, 2.45) is 5.73 Å². The van der Waals surface area contributed by atoms with Crippen molar-refractivity contribution in [1.29, 1.82) is 0 Å². The summed E-state index contributed by atoms with van der Waals surface area (Å²) in [5.74, 6) is -0.475. The van der Waals surface area contributed by atoms with Gasteiger partial charge in [-0.15, -0.1) is 0 Å². The quantitative estimate of drug-likeness (QED) is 0.887. The van der Waals surface area contributed by atoms with E-state index in [1.807, 2.05) is 37.3 Å². The van der Waals surface area contributed by atoms with Crippen LogP contribution in [0.5, 0.6) is 0 Å². The van der Waals surface area contributed by atoms with Gasteiger partial charge in [-0.1, -0.05) is 42.5 Å². The molecule has 0 aliphatic carbocycles. The van der Waals surface area contributed by atoms with E-state index in [1.54, 1.807) is 12.1 Å². The van der Waals surface area contributed by atoms with Gasteiger partial charge < -0.3 is 11.1 Å². The summed E-state index contributed by atoms with van der Waals surface area (Å²) in [6.45, 7) is 1.90. The molecule has 0 spiro atoms. The largest absolute Gasteiger partial charge is 0.352 e. The number of hydrogen-bond donors (Lipinski definition) is 2. The van der Waals surface area contributed by atoms with Crippen LogP contribution in [0.1, 0.15) is 24.1 Å². The summed E-state index contributed by atoms with van der Waals surface area (Å²) >= 11 is 0. The fourth-order valence-corrected chi connectivity index (χ4v) is 2.17. The molecule has 0 aliphatic rings. The van der Waals surface area contributed by atoms with Crippen LogP contribution in [-0.4, -0.2) is 11.9 Å². The van der Waals surface area contributed by atoms with Crippen LogP contribution >= 0.6 is 0 Å². The lowest BCUT2D eigenvalue weighted by molar-refractivity contribution is -0.123. The molecule has 2 aromatic rings. The second-order valence-corrected chi connectivity index (χ2v) is 5.13. The average Bonchev–Trinajstić information content (AvgIpc) is 2.49. The van der Waals surface area contributed by atoms with Crippen molar-refractivity contribution in [3.8, 4) is 0 Å². The Hall–Kier alpha value is -2.20. The molecule has 1 unspecified atom stereocenters. The first-order valence-corrected chi connectivity index (χ1v) is 6.91. The normalized spacial score (nSPS) is 13.5. The Labute approximate surface area is 124 Å². The number of benzene rings is 2. The van der Waals surface area contributed by atoms with E-state index in [1.165, 1.54) is 12.1 Å². The van der Waals surface area contributed by atoms with Gasteiger partial charge in [0.2, 0.25) is 5.91 Å². The Kier molecular flexibility index (Phi) is 5.06. The van der Waals surface area contributed by atoms with Crippen LogP contribution in [0.15, 0.2) is 54.6 Å². The summed E-state index contributed by atoms with van der Waals surface area (Å²) in [7, 11) is 0. The van der Waals surface area contributed by atoms with E-state index in [0.717, 1.165) is 11.1 Å². The number of hydrogen-bond acceptors (Lipinski definition) is 2. The summed E-state index contributed by atoms with van der Waals surface area (Å²) in [6, 6.07) is 14.8. The summed E-state index contributed by atoms with van der Waals surface area (Å²) < 4.78 is 12.8. The minimum absolute atomic E-state index is 0.0716. The molecule has 1 amide bonds. The Morgan fingerprint density at radius 3 is 2.38 bits per heavy atom. The third-order valence-electron chi connectivity index (χ3n) is 3.28. The van der Waals surface area contributed by atoms with E-state index >= 15 is 0 Å². The van der Waals surface area contributed by atoms with Crippen LogP contribution in [0.4, 0.5) is 4.39 Å². The molecular formula is C17H19FN2O. The maximum atomic E-state index is 12.8. The first-order valence-electron chi connectivity index (χ1n) is 6.91. The van der Waals surface area contributed by atoms with Gasteiger partial charge in [0.25, 0.3) is 0 Å². The van der Waals surface area contributed by atoms with Gasteiger partial charge in [0, 0.05) is 6.04 Å². The van der Waals surface area contributed by atoms with Gasteiger partial charge in [-0.05, 0) is 36.6 Å². The Morgan fingerprint density at radius 2 is 1.76 bits per heavy atom. The van der Waals surface area contributed by atoms with Crippen LogP contribution in [0, 0.1) is 5.82 Å². The molecule has 21 heavy (non-hydrogen) atoms. The molecule has 2 atom stereocenters. The summed E-state index contributed by atoms with van der Waals surface area (Å²) in [4.78, 5) is 12.1. The standard InChI is InChI=1S/C17H19FN2O/c1-12(11-13-7-9-15(18)10-8-13)20-17(21)16(19)14-5-3-2-4-6-14/h2-10,12,16H,11,19H2,1H3,(H,20,21)/t12?,16-/m0/s1. The van der Waals surface area contributed by atoms with Gasteiger partial charge in [0.15, 0.2) is 0 Å². The first-order chi connectivity index (χ1) is 10.1. The number of halogens is 1. The van der Waals surface area contributed by atoms with E-state index in [2.05, 4.69) is 5.32 Å². The van der Waals surface area contributed by atoms with Crippen molar-refractivity contribution < 1.29 is 9.18 Å². The molecule has 0 bridgehead atoms. The predicted molar refractivity (Wildman–Crippen MR) is 81.1 cm³/mol. The molecule has 0 saturated heterocycles. The fourth-order valence-electron chi connectivity index (χ4n) is 2.17. The number of rotatable bonds is 5. The monoisotopic (exact) mass is 286 g/mol. The minimum Gasteiger partial charge on any atom is -0.352 e. The van der Waals surface area contributed by atoms with E-state index < -0.39 is 6.04 Å². The molecule has 2 rings (SSSR count). The maximum absolute atomic E-state index is 12.8. The third kappa shape index (κ3) is 4.39. The fraction of sp³-hybridized carbons (Fsp3) is 0.235. The SMILES string of the molecule is CC(Cc1ccc(F)cc1)NC(=O)[C@@H](N)c1ccccc1. The Balaban J connectivity index is 1.91. The smallest absolute Gasteiger partial charge is 0.241 e. The number of amides is 1. The lowest BCUT2D eigenvalue weighted by Crippen LogP contribution is -2.40. The van der Waals surface area contributed by atoms with Gasteiger partial charge in [-0.25, -0.2) is 4.39 Å². The molecule has 3 nitrogen and oxygen atoms in total. The molecule has 0 saturated carbocycles. The first kappa shape index (κ1) is 15.2. The van der Waals surface area contributed by atoms with E-state index in [-0.39, 0.29) is 17.8 Å². The maximum Gasteiger partial charge on any atom is 0.241 e. The highest BCUT2D eigenvalue weighted by Gasteiger charge is 2.17. The Morgan fingerprint density at radius 1 is 1.14 bits per heavy atom. The van der Waals surface area contributed by atoms with Crippen LogP contribution < -0.4 is 11.1 Å². The molecule has 0 aliphatic heterocycles. The number of carbonyl (C=O) groups is 1. The molecule has 110 valence electrons. The molecular weight excluding hydrogens is 267 g/mol. The molecule has 0 radical (unpaired) electrons. The van der Waals surface area contributed by atoms with E-state index in [0.29, 0.717) is 6.42 Å². The van der Waals surface area contributed by atoms with Crippen LogP contribution in [0.3, 0.4) is 0 Å². The molecule has 0 aromatic heterocycles. The van der Waals surface area contributed by atoms with Gasteiger partial charge in [0.05, 0.1) is 0 Å². The van der Waals surface area contributed by atoms with Crippen molar-refractivity contribution in [3.63, 3.8) is 0 Å². The van der Waals surface area contributed by atoms with Crippen LogP contribution in [0.2, 0.25) is 0 Å². The van der Waals surface area contributed by atoms with E-state index in [4.69, 9.17) is 5.73 Å². The molecule has 0 fully saturated rings. The molecule has 4 heteroatoms. The second kappa shape index (κ2) is 6.99. The second-order valence-electron chi connectivity index (χ2n) is 5.13. The van der Waals surface area contributed by atoms with Crippen molar-refractivity contribution in [2.45, 2.75) is 25.4 Å². The van der Waals surface area contributed by atoms with Crippen molar-refractivity contribution in [2.75, 3.05) is 0 Å². The predicted octanol–water partition coefficient (Wildman–Crippen LogP) is 2.57. The van der Waals surface area contributed by atoms with Crippen LogP contribution in [-0.2, 0) is 11.2 Å². The van der Waals surface area contributed by atoms with Gasteiger partial charge >= 0.3 is 0 Å². The zero-order chi connectivity index (χ0) is 15.2. The average molecular weight is 286 g/mol. The Bertz CT molecular complexity index is 583. The highest BCUT2D eigenvalue weighted by molar-refractivity contribution is 5.83. The van der Waals surface area contributed by atoms with Gasteiger partial charge in [-0.2, -0.15) is 0 Å². The topological polar surface area (TPSA) is 55.1 Å². The summed E-state index contributed by atoms with van der Waals surface area (Å²) in [5, 5.41) is 2.88. The van der Waals surface area contributed by atoms with Gasteiger partial charge in [0.1, 0.15) is 11.9 Å². The summed E-state index contributed by atoms with van der Waals surface area (Å²) in [5.41, 5.74) is 7.69. The third-order valence-corrected chi connectivity index (χ3v) is 3.28. The minimum atomic E-state index is -0.679. The van der Waals surface area contributed by atoms with Crippen molar-refractivity contribution in [3.05, 3.63) is 71.5 Å². The highest BCUT2D eigenvalue weighted by Crippen LogP contribution is 2.11. The van der Waals surface area contributed by atoms with E-state index in [9.17, 15) is 9.18 Å². The number of nitrogens with two attached hydrogens (primary N) is 1. The lowest BCUT2D eigenvalue weighted by atomic mass is 10.0. The highest BCUT2D eigenvalue weighted by atomic mass is 19.1. The molecule has 2 aromatic carbocycles. The number of nitrogens with one attached hydrogen (secondary N) is 1. The zero-order valence-corrected chi connectivity index (χ0v) is 11.9.